The van der Waals surface area contributed by atoms with Crippen LogP contribution in [0.25, 0.3) is 0 Å². The van der Waals surface area contributed by atoms with Crippen LogP contribution in [-0.4, -0.2) is 12.1 Å². The first-order valence-electron chi connectivity index (χ1n) is 6.64. The fraction of sp³-hybridized carbons (Fsp3) is 0.667. The van der Waals surface area contributed by atoms with Gasteiger partial charge in [-0.05, 0) is 32.1 Å². The van der Waals surface area contributed by atoms with Crippen LogP contribution in [0.5, 0.6) is 0 Å². The molecule has 4 atom stereocenters. The van der Waals surface area contributed by atoms with Crippen LogP contribution in [-0.2, 0) is 9.53 Å². The molecule has 92 valence electrons. The van der Waals surface area contributed by atoms with E-state index in [1.165, 1.54) is 18.4 Å². The van der Waals surface area contributed by atoms with Crippen LogP contribution in [0, 0.1) is 17.3 Å². The van der Waals surface area contributed by atoms with Crippen molar-refractivity contribution in [1.82, 2.24) is 0 Å². The molecule has 0 aromatic rings. The van der Waals surface area contributed by atoms with Gasteiger partial charge in [-0.2, -0.15) is 0 Å². The maximum absolute atomic E-state index is 11.7. The molecule has 0 radical (unpaired) electrons. The van der Waals surface area contributed by atoms with Gasteiger partial charge in [-0.1, -0.05) is 31.6 Å². The van der Waals surface area contributed by atoms with Crippen LogP contribution in [0.1, 0.15) is 39.5 Å². The van der Waals surface area contributed by atoms with E-state index in [2.05, 4.69) is 26.5 Å². The Morgan fingerprint density at radius 3 is 2.94 bits per heavy atom. The Balaban J connectivity index is 2.07. The first-order valence-corrected chi connectivity index (χ1v) is 6.64. The maximum Gasteiger partial charge on any atom is 0.334 e. The first kappa shape index (κ1) is 11.1. The summed E-state index contributed by atoms with van der Waals surface area (Å²) in [5.41, 5.74) is 2.24. The molecule has 1 aliphatic heterocycles. The third-order valence-electron chi connectivity index (χ3n) is 5.34. The molecule has 0 aromatic heterocycles. The predicted molar refractivity (Wildman–Crippen MR) is 66.3 cm³/mol. The van der Waals surface area contributed by atoms with Gasteiger partial charge in [0.05, 0.1) is 0 Å². The second kappa shape index (κ2) is 3.47. The molecule has 0 unspecified atom stereocenters. The molecule has 17 heavy (non-hydrogen) atoms. The number of carbonyl (C=O) groups excluding carboxylic acids is 1. The largest absolute Gasteiger partial charge is 0.457 e. The van der Waals surface area contributed by atoms with Crippen molar-refractivity contribution < 1.29 is 9.53 Å². The lowest BCUT2D eigenvalue weighted by Crippen LogP contribution is -2.44. The third kappa shape index (κ3) is 1.24. The second-order valence-corrected chi connectivity index (χ2v) is 5.91. The highest BCUT2D eigenvalue weighted by atomic mass is 16.6. The Hall–Kier alpha value is -1.05. The van der Waals surface area contributed by atoms with Gasteiger partial charge in [-0.15, -0.1) is 0 Å². The number of rotatable bonds is 0. The zero-order chi connectivity index (χ0) is 12.2. The monoisotopic (exact) mass is 232 g/mol. The Morgan fingerprint density at radius 1 is 1.53 bits per heavy atom. The summed E-state index contributed by atoms with van der Waals surface area (Å²) in [5.74, 6) is 0.679. The summed E-state index contributed by atoms with van der Waals surface area (Å²) in [6.45, 7) is 8.44. The zero-order valence-corrected chi connectivity index (χ0v) is 10.7. The molecule has 2 nitrogen and oxygen atoms in total. The minimum absolute atomic E-state index is 0.0602. The molecule has 0 bridgehead atoms. The molecule has 3 rings (SSSR count). The molecule has 1 spiro atoms. The number of ether oxygens (including phenoxy) is 1. The molecule has 2 fully saturated rings. The number of hydrogen-bond donors (Lipinski definition) is 0. The van der Waals surface area contributed by atoms with Gasteiger partial charge in [0.25, 0.3) is 0 Å². The van der Waals surface area contributed by atoms with Crippen molar-refractivity contribution in [2.45, 2.75) is 45.6 Å². The topological polar surface area (TPSA) is 26.3 Å². The Labute approximate surface area is 103 Å². The molecule has 0 amide bonds. The van der Waals surface area contributed by atoms with Crippen molar-refractivity contribution in [2.75, 3.05) is 0 Å². The zero-order valence-electron chi connectivity index (χ0n) is 10.7. The van der Waals surface area contributed by atoms with Crippen molar-refractivity contribution in [1.29, 1.82) is 0 Å². The lowest BCUT2D eigenvalue weighted by Gasteiger charge is -2.44. The van der Waals surface area contributed by atoms with E-state index in [0.29, 0.717) is 11.5 Å². The van der Waals surface area contributed by atoms with Gasteiger partial charge in [-0.25, -0.2) is 4.79 Å². The van der Waals surface area contributed by atoms with E-state index >= 15 is 0 Å². The van der Waals surface area contributed by atoms with Crippen LogP contribution in [0.3, 0.4) is 0 Å². The summed E-state index contributed by atoms with van der Waals surface area (Å²) < 4.78 is 5.68. The summed E-state index contributed by atoms with van der Waals surface area (Å²) in [6, 6.07) is 0. The van der Waals surface area contributed by atoms with Crippen LogP contribution in [0.15, 0.2) is 23.8 Å². The van der Waals surface area contributed by atoms with E-state index in [-0.39, 0.29) is 23.4 Å². The number of esters is 1. The molecule has 2 aliphatic carbocycles. The number of allylic oxidation sites excluding steroid dienone is 1. The highest BCUT2D eigenvalue weighted by molar-refractivity contribution is 5.91. The Morgan fingerprint density at radius 2 is 2.29 bits per heavy atom. The molecule has 0 aromatic carbocycles. The van der Waals surface area contributed by atoms with E-state index in [0.717, 1.165) is 12.8 Å². The summed E-state index contributed by atoms with van der Waals surface area (Å²) in [7, 11) is 0. The van der Waals surface area contributed by atoms with Crippen LogP contribution >= 0.6 is 0 Å². The third-order valence-corrected chi connectivity index (χ3v) is 5.34. The van der Waals surface area contributed by atoms with Crippen molar-refractivity contribution in [3.8, 4) is 0 Å². The molecule has 0 N–H and O–H groups in total. The summed E-state index contributed by atoms with van der Waals surface area (Å²) >= 11 is 0. The average Bonchev–Trinajstić information content (AvgIpc) is 2.80. The molecule has 2 heteroatoms. The normalized spacial score (nSPS) is 44.8. The minimum atomic E-state index is -0.165. The van der Waals surface area contributed by atoms with Crippen LogP contribution in [0.4, 0.5) is 0 Å². The quantitative estimate of drug-likeness (QED) is 0.364. The van der Waals surface area contributed by atoms with Crippen molar-refractivity contribution in [3.63, 3.8) is 0 Å². The van der Waals surface area contributed by atoms with Gasteiger partial charge < -0.3 is 4.74 Å². The Bertz CT molecular complexity index is 421. The van der Waals surface area contributed by atoms with Gasteiger partial charge in [0.1, 0.15) is 6.10 Å². The SMILES string of the molecule is C=C1C(=O)O[C@H]2[C@@H]1CC=C(C)[C@]21CCC[C@@H]1C. The predicted octanol–water partition coefficient (Wildman–Crippen LogP) is 3.24. The molecule has 3 aliphatic rings. The lowest BCUT2D eigenvalue weighted by atomic mass is 9.61. The van der Waals surface area contributed by atoms with E-state index in [1.807, 2.05) is 0 Å². The van der Waals surface area contributed by atoms with Crippen LogP contribution in [0.2, 0.25) is 0 Å². The highest BCUT2D eigenvalue weighted by Gasteiger charge is 2.57. The van der Waals surface area contributed by atoms with Crippen molar-refractivity contribution in [3.05, 3.63) is 23.8 Å². The standard InChI is InChI=1S/C15H20O2/c1-9-5-4-8-15(9)10(2)6-7-12-11(3)14(16)17-13(12)15/h6,9,12-13H,3-5,7-8H2,1-2H3/t9-,12+,13-,15+/m0/s1. The van der Waals surface area contributed by atoms with E-state index in [4.69, 9.17) is 4.74 Å². The summed E-state index contributed by atoms with van der Waals surface area (Å²) in [4.78, 5) is 11.7. The smallest absolute Gasteiger partial charge is 0.334 e. The summed E-state index contributed by atoms with van der Waals surface area (Å²) in [6.07, 6.45) is 6.96. The average molecular weight is 232 g/mol. The van der Waals surface area contributed by atoms with Crippen molar-refractivity contribution in [2.24, 2.45) is 17.3 Å². The fourth-order valence-electron chi connectivity index (χ4n) is 4.27. The fourth-order valence-corrected chi connectivity index (χ4v) is 4.27. The van der Waals surface area contributed by atoms with Crippen molar-refractivity contribution >= 4 is 5.97 Å². The van der Waals surface area contributed by atoms with Gasteiger partial charge >= 0.3 is 5.97 Å². The molecule has 1 saturated carbocycles. The summed E-state index contributed by atoms with van der Waals surface area (Å²) in [5, 5.41) is 0. The molecule has 1 heterocycles. The molecular weight excluding hydrogens is 212 g/mol. The van der Waals surface area contributed by atoms with E-state index in [9.17, 15) is 4.79 Å². The Kier molecular flexibility index (Phi) is 2.26. The molecular formula is C15H20O2. The second-order valence-electron chi connectivity index (χ2n) is 5.91. The van der Waals surface area contributed by atoms with Gasteiger partial charge in [-0.3, -0.25) is 0 Å². The van der Waals surface area contributed by atoms with Gasteiger partial charge in [0.15, 0.2) is 0 Å². The van der Waals surface area contributed by atoms with E-state index < -0.39 is 0 Å². The first-order chi connectivity index (χ1) is 8.07. The van der Waals surface area contributed by atoms with Gasteiger partial charge in [0, 0.05) is 16.9 Å². The minimum Gasteiger partial charge on any atom is -0.457 e. The highest BCUT2D eigenvalue weighted by Crippen LogP contribution is 2.58. The maximum atomic E-state index is 11.7. The number of fused-ring (bicyclic) bond motifs is 2. The molecule has 1 saturated heterocycles. The van der Waals surface area contributed by atoms with Crippen LogP contribution < -0.4 is 0 Å². The van der Waals surface area contributed by atoms with E-state index in [1.54, 1.807) is 0 Å². The number of carbonyl (C=O) groups is 1. The lowest BCUT2D eigenvalue weighted by molar-refractivity contribution is -0.145. The van der Waals surface area contributed by atoms with Gasteiger partial charge in [0.2, 0.25) is 0 Å². The number of hydrogen-bond acceptors (Lipinski definition) is 2.